The van der Waals surface area contributed by atoms with E-state index in [4.69, 9.17) is 10.5 Å². The Labute approximate surface area is 85.3 Å². The van der Waals surface area contributed by atoms with Gasteiger partial charge in [-0.25, -0.2) is 0 Å². The van der Waals surface area contributed by atoms with Crippen LogP contribution in [0.2, 0.25) is 0 Å². The summed E-state index contributed by atoms with van der Waals surface area (Å²) in [6, 6.07) is 6.13. The fourth-order valence-corrected chi connectivity index (χ4v) is 1.33. The van der Waals surface area contributed by atoms with E-state index in [2.05, 4.69) is 11.4 Å². The third-order valence-electron chi connectivity index (χ3n) is 2.09. The van der Waals surface area contributed by atoms with Gasteiger partial charge >= 0.3 is 0 Å². The Morgan fingerprint density at radius 3 is 2.71 bits per heavy atom. The molecule has 0 radical (unpaired) electrons. The first kappa shape index (κ1) is 11.0. The van der Waals surface area contributed by atoms with Gasteiger partial charge in [-0.05, 0) is 31.0 Å². The van der Waals surface area contributed by atoms with Crippen molar-refractivity contribution in [3.8, 4) is 5.75 Å². The molecule has 1 unspecified atom stereocenters. The average molecular weight is 194 g/mol. The van der Waals surface area contributed by atoms with Crippen LogP contribution in [0.3, 0.4) is 0 Å². The lowest BCUT2D eigenvalue weighted by Gasteiger charge is -2.10. The topological polar surface area (TPSA) is 47.3 Å². The second kappa shape index (κ2) is 4.98. The lowest BCUT2D eigenvalue weighted by atomic mass is 10.1. The van der Waals surface area contributed by atoms with E-state index in [-0.39, 0.29) is 6.17 Å². The molecule has 0 amide bonds. The number of benzene rings is 1. The monoisotopic (exact) mass is 194 g/mol. The number of methoxy groups -OCH3 is 1. The summed E-state index contributed by atoms with van der Waals surface area (Å²) in [6.07, 6.45) is 0.0254. The molecule has 0 aliphatic rings. The molecule has 0 heterocycles. The molecule has 0 bridgehead atoms. The summed E-state index contributed by atoms with van der Waals surface area (Å²) in [6.45, 7) is 4.76. The molecule has 3 heteroatoms. The van der Waals surface area contributed by atoms with E-state index in [0.29, 0.717) is 0 Å². The number of nitrogens with two attached hydrogens (primary N) is 1. The Balaban J connectivity index is 2.66. The van der Waals surface area contributed by atoms with Crippen LogP contribution in [0.15, 0.2) is 18.2 Å². The molecule has 0 saturated carbocycles. The van der Waals surface area contributed by atoms with Crippen LogP contribution >= 0.6 is 0 Å². The van der Waals surface area contributed by atoms with Gasteiger partial charge in [0.1, 0.15) is 5.75 Å². The molecule has 0 fully saturated rings. The third-order valence-corrected chi connectivity index (χ3v) is 2.09. The van der Waals surface area contributed by atoms with Crippen molar-refractivity contribution in [3.05, 3.63) is 29.3 Å². The van der Waals surface area contributed by atoms with Crippen molar-refractivity contribution in [3.63, 3.8) is 0 Å². The van der Waals surface area contributed by atoms with Gasteiger partial charge in [0.05, 0.1) is 13.3 Å². The Morgan fingerprint density at radius 2 is 2.21 bits per heavy atom. The number of aryl methyl sites for hydroxylation is 1. The van der Waals surface area contributed by atoms with Gasteiger partial charge in [-0.15, -0.1) is 0 Å². The van der Waals surface area contributed by atoms with Crippen LogP contribution in [0.1, 0.15) is 18.1 Å². The Bertz CT molecular complexity index is 297. The maximum absolute atomic E-state index is 5.60. The van der Waals surface area contributed by atoms with Crippen LogP contribution in [0.4, 0.5) is 0 Å². The molecule has 78 valence electrons. The maximum Gasteiger partial charge on any atom is 0.121 e. The second-order valence-corrected chi connectivity index (χ2v) is 3.47. The smallest absolute Gasteiger partial charge is 0.121 e. The average Bonchev–Trinajstić information content (AvgIpc) is 2.15. The molecule has 1 aromatic carbocycles. The van der Waals surface area contributed by atoms with Gasteiger partial charge in [-0.2, -0.15) is 0 Å². The first-order chi connectivity index (χ1) is 6.63. The SMILES string of the molecule is COc1ccc(CNC(C)N)cc1C. The zero-order valence-corrected chi connectivity index (χ0v) is 9.00. The third kappa shape index (κ3) is 3.01. The molecular formula is C11H18N2O. The molecule has 0 aliphatic carbocycles. The normalized spacial score (nSPS) is 12.6. The van der Waals surface area contributed by atoms with E-state index in [1.165, 1.54) is 5.56 Å². The van der Waals surface area contributed by atoms with Crippen LogP contribution in [-0.4, -0.2) is 13.3 Å². The Morgan fingerprint density at radius 1 is 1.50 bits per heavy atom. The zero-order chi connectivity index (χ0) is 10.6. The number of nitrogens with one attached hydrogen (secondary N) is 1. The van der Waals surface area contributed by atoms with Crippen molar-refractivity contribution >= 4 is 0 Å². The minimum atomic E-state index is 0.0254. The Hall–Kier alpha value is -1.06. The largest absolute Gasteiger partial charge is 0.496 e. The van der Waals surface area contributed by atoms with Crippen LogP contribution in [0.5, 0.6) is 5.75 Å². The maximum atomic E-state index is 5.60. The van der Waals surface area contributed by atoms with E-state index in [9.17, 15) is 0 Å². The number of hydrogen-bond donors (Lipinski definition) is 2. The zero-order valence-electron chi connectivity index (χ0n) is 9.00. The molecule has 14 heavy (non-hydrogen) atoms. The van der Waals surface area contributed by atoms with Gasteiger partial charge in [-0.1, -0.05) is 12.1 Å². The summed E-state index contributed by atoms with van der Waals surface area (Å²) in [5.41, 5.74) is 7.97. The highest BCUT2D eigenvalue weighted by molar-refractivity contribution is 5.36. The van der Waals surface area contributed by atoms with Crippen molar-refractivity contribution in [1.29, 1.82) is 0 Å². The van der Waals surface area contributed by atoms with Crippen LogP contribution in [0, 0.1) is 6.92 Å². The van der Waals surface area contributed by atoms with Gasteiger partial charge in [-0.3, -0.25) is 5.32 Å². The summed E-state index contributed by atoms with van der Waals surface area (Å²) in [7, 11) is 1.68. The van der Waals surface area contributed by atoms with Crippen LogP contribution in [0.25, 0.3) is 0 Å². The summed E-state index contributed by atoms with van der Waals surface area (Å²) >= 11 is 0. The molecule has 0 aromatic heterocycles. The summed E-state index contributed by atoms with van der Waals surface area (Å²) in [4.78, 5) is 0. The van der Waals surface area contributed by atoms with Crippen molar-refractivity contribution in [2.45, 2.75) is 26.6 Å². The minimum absolute atomic E-state index is 0.0254. The number of hydrogen-bond acceptors (Lipinski definition) is 3. The van der Waals surface area contributed by atoms with Crippen molar-refractivity contribution in [2.24, 2.45) is 5.73 Å². The fraction of sp³-hybridized carbons (Fsp3) is 0.455. The van der Waals surface area contributed by atoms with Crippen molar-refractivity contribution < 1.29 is 4.74 Å². The quantitative estimate of drug-likeness (QED) is 0.712. The number of rotatable bonds is 4. The molecule has 3 nitrogen and oxygen atoms in total. The fourth-order valence-electron chi connectivity index (χ4n) is 1.33. The molecule has 3 N–H and O–H groups in total. The molecule has 0 saturated heterocycles. The summed E-state index contributed by atoms with van der Waals surface area (Å²) in [5, 5.41) is 3.16. The van der Waals surface area contributed by atoms with Crippen LogP contribution < -0.4 is 15.8 Å². The summed E-state index contributed by atoms with van der Waals surface area (Å²) < 4.78 is 5.18. The van der Waals surface area contributed by atoms with Crippen molar-refractivity contribution in [1.82, 2.24) is 5.32 Å². The Kier molecular flexibility index (Phi) is 3.92. The highest BCUT2D eigenvalue weighted by atomic mass is 16.5. The van der Waals surface area contributed by atoms with Gasteiger partial charge in [0.2, 0.25) is 0 Å². The lowest BCUT2D eigenvalue weighted by Crippen LogP contribution is -2.33. The molecule has 0 aliphatic heterocycles. The highest BCUT2D eigenvalue weighted by Gasteiger charge is 2.00. The molecule has 1 rings (SSSR count). The summed E-state index contributed by atoms with van der Waals surface area (Å²) in [5.74, 6) is 0.926. The van der Waals surface area contributed by atoms with Gasteiger partial charge < -0.3 is 10.5 Å². The van der Waals surface area contributed by atoms with Gasteiger partial charge in [0.25, 0.3) is 0 Å². The van der Waals surface area contributed by atoms with Gasteiger partial charge in [0, 0.05) is 6.54 Å². The van der Waals surface area contributed by atoms with E-state index in [1.54, 1.807) is 7.11 Å². The molecule has 1 aromatic rings. The molecule has 1 atom stereocenters. The van der Waals surface area contributed by atoms with E-state index >= 15 is 0 Å². The molecule has 0 spiro atoms. The van der Waals surface area contributed by atoms with E-state index in [0.717, 1.165) is 17.9 Å². The molecular weight excluding hydrogens is 176 g/mol. The lowest BCUT2D eigenvalue weighted by molar-refractivity contribution is 0.411. The second-order valence-electron chi connectivity index (χ2n) is 3.47. The number of ether oxygens (including phenoxy) is 1. The standard InChI is InChI=1S/C11H18N2O/c1-8-6-10(7-13-9(2)12)4-5-11(8)14-3/h4-6,9,13H,7,12H2,1-3H3. The first-order valence-electron chi connectivity index (χ1n) is 4.76. The van der Waals surface area contributed by atoms with Crippen molar-refractivity contribution in [2.75, 3.05) is 7.11 Å². The highest BCUT2D eigenvalue weighted by Crippen LogP contribution is 2.18. The van der Waals surface area contributed by atoms with E-state index < -0.39 is 0 Å². The van der Waals surface area contributed by atoms with Gasteiger partial charge in [0.15, 0.2) is 0 Å². The first-order valence-corrected chi connectivity index (χ1v) is 4.76. The predicted octanol–water partition coefficient (Wildman–Crippen LogP) is 1.40. The van der Waals surface area contributed by atoms with Crippen LogP contribution in [-0.2, 0) is 6.54 Å². The van der Waals surface area contributed by atoms with E-state index in [1.807, 2.05) is 26.0 Å². The predicted molar refractivity (Wildman–Crippen MR) is 58.2 cm³/mol. The minimum Gasteiger partial charge on any atom is -0.496 e.